The van der Waals surface area contributed by atoms with Crippen molar-refractivity contribution in [3.63, 3.8) is 0 Å². The molecule has 1 aliphatic rings. The third-order valence-electron chi connectivity index (χ3n) is 2.37. The van der Waals surface area contributed by atoms with Crippen LogP contribution in [0.25, 0.3) is 0 Å². The Morgan fingerprint density at radius 2 is 1.82 bits per heavy atom. The van der Waals surface area contributed by atoms with Gasteiger partial charge in [0.15, 0.2) is 0 Å². The number of hydrogen-bond acceptors (Lipinski definition) is 1. The molecule has 1 aliphatic heterocycles. The van der Waals surface area contributed by atoms with E-state index in [4.69, 9.17) is 0 Å². The molecule has 1 heteroatoms. The van der Waals surface area contributed by atoms with Crippen LogP contribution in [-0.4, -0.2) is 25.0 Å². The molecular formula is C10H23N. The van der Waals surface area contributed by atoms with Crippen molar-refractivity contribution in [3.8, 4) is 0 Å². The van der Waals surface area contributed by atoms with Gasteiger partial charge in [-0.1, -0.05) is 27.7 Å². The van der Waals surface area contributed by atoms with Crippen LogP contribution < -0.4 is 0 Å². The second-order valence-electron chi connectivity index (χ2n) is 3.56. The maximum Gasteiger partial charge on any atom is 0.000953 e. The lowest BCUT2D eigenvalue weighted by atomic mass is 9.95. The molecule has 0 N–H and O–H groups in total. The van der Waals surface area contributed by atoms with Crippen molar-refractivity contribution in [3.05, 3.63) is 0 Å². The average Bonchev–Trinajstić information content (AvgIpc) is 2.40. The maximum absolute atomic E-state index is 2.42. The van der Waals surface area contributed by atoms with E-state index in [0.717, 1.165) is 11.8 Å². The molecule has 1 nitrogen and oxygen atoms in total. The molecule has 1 atom stereocenters. The fourth-order valence-electron chi connectivity index (χ4n) is 1.51. The molecule has 1 fully saturated rings. The van der Waals surface area contributed by atoms with Crippen LogP contribution in [0.4, 0.5) is 0 Å². The largest absolute Gasteiger partial charge is 0.306 e. The van der Waals surface area contributed by atoms with Gasteiger partial charge in [-0.05, 0) is 31.8 Å². The molecule has 0 radical (unpaired) electrons. The lowest BCUT2D eigenvalue weighted by molar-refractivity contribution is 0.352. The van der Waals surface area contributed by atoms with Gasteiger partial charge in [-0.3, -0.25) is 0 Å². The first-order valence-corrected chi connectivity index (χ1v) is 4.88. The summed E-state index contributed by atoms with van der Waals surface area (Å²) in [5.74, 6) is 1.85. The molecule has 11 heavy (non-hydrogen) atoms. The molecule has 0 aromatic carbocycles. The Morgan fingerprint density at radius 1 is 1.27 bits per heavy atom. The number of nitrogens with zero attached hydrogens (tertiary/aromatic N) is 1. The highest BCUT2D eigenvalue weighted by Gasteiger charge is 2.21. The van der Waals surface area contributed by atoms with E-state index in [0.29, 0.717) is 0 Å². The smallest absolute Gasteiger partial charge is 0.000953 e. The van der Waals surface area contributed by atoms with Gasteiger partial charge in [0.1, 0.15) is 0 Å². The fraction of sp³-hybridized carbons (Fsp3) is 1.00. The second-order valence-corrected chi connectivity index (χ2v) is 3.56. The molecule has 0 aromatic heterocycles. The molecule has 0 bridgehead atoms. The van der Waals surface area contributed by atoms with Crippen LogP contribution in [-0.2, 0) is 0 Å². The quantitative estimate of drug-likeness (QED) is 0.565. The highest BCUT2D eigenvalue weighted by molar-refractivity contribution is 4.74. The summed E-state index contributed by atoms with van der Waals surface area (Å²) in [4.78, 5) is 2.42. The van der Waals surface area contributed by atoms with Crippen LogP contribution in [0.2, 0.25) is 0 Å². The molecule has 0 amide bonds. The first-order chi connectivity index (χ1) is 5.20. The van der Waals surface area contributed by atoms with E-state index < -0.39 is 0 Å². The molecule has 1 heterocycles. The minimum absolute atomic E-state index is 0.884. The van der Waals surface area contributed by atoms with Gasteiger partial charge >= 0.3 is 0 Å². The third kappa shape index (κ3) is 3.76. The Kier molecular flexibility index (Phi) is 5.57. The summed E-state index contributed by atoms with van der Waals surface area (Å²) in [5, 5.41) is 0. The minimum Gasteiger partial charge on any atom is -0.306 e. The Balaban J connectivity index is 0.000000461. The lowest BCUT2D eigenvalue weighted by Crippen LogP contribution is -2.16. The zero-order valence-corrected chi connectivity index (χ0v) is 8.72. The van der Waals surface area contributed by atoms with Crippen molar-refractivity contribution in [2.24, 2.45) is 11.8 Å². The molecule has 0 aromatic rings. The van der Waals surface area contributed by atoms with E-state index in [1.165, 1.54) is 19.5 Å². The minimum atomic E-state index is 0.884. The van der Waals surface area contributed by atoms with Gasteiger partial charge in [-0.15, -0.1) is 0 Å². The van der Waals surface area contributed by atoms with E-state index >= 15 is 0 Å². The van der Waals surface area contributed by atoms with Crippen LogP contribution in [0, 0.1) is 11.8 Å². The zero-order chi connectivity index (χ0) is 8.85. The Morgan fingerprint density at radius 3 is 2.00 bits per heavy atom. The maximum atomic E-state index is 2.42. The molecule has 0 spiro atoms. The number of likely N-dealkylation sites (tertiary alicyclic amines) is 1. The van der Waals surface area contributed by atoms with Gasteiger partial charge in [0.2, 0.25) is 0 Å². The molecule has 0 saturated carbocycles. The standard InChI is InChI=1S/C8H17N.C2H6/c1-7(2)8-4-5-9(3)6-8;1-2/h7-8H,4-6H2,1-3H3;1-2H3. The summed E-state index contributed by atoms with van der Waals surface area (Å²) in [6, 6.07) is 0. The first kappa shape index (κ1) is 11.0. The fourth-order valence-corrected chi connectivity index (χ4v) is 1.51. The molecule has 1 saturated heterocycles. The van der Waals surface area contributed by atoms with Gasteiger partial charge in [-0.2, -0.15) is 0 Å². The van der Waals surface area contributed by atoms with Crippen molar-refractivity contribution in [1.82, 2.24) is 4.90 Å². The normalized spacial score (nSPS) is 25.1. The summed E-state index contributed by atoms with van der Waals surface area (Å²) in [5.41, 5.74) is 0. The number of hydrogen-bond donors (Lipinski definition) is 0. The van der Waals surface area contributed by atoms with E-state index in [-0.39, 0.29) is 0 Å². The van der Waals surface area contributed by atoms with E-state index in [1.807, 2.05) is 13.8 Å². The van der Waals surface area contributed by atoms with E-state index in [1.54, 1.807) is 0 Å². The predicted octanol–water partition coefficient (Wildman–Crippen LogP) is 2.62. The van der Waals surface area contributed by atoms with Crippen molar-refractivity contribution < 1.29 is 0 Å². The summed E-state index contributed by atoms with van der Waals surface area (Å²) < 4.78 is 0. The topological polar surface area (TPSA) is 3.24 Å². The molecular weight excluding hydrogens is 134 g/mol. The summed E-state index contributed by atoms with van der Waals surface area (Å²) in [6.45, 7) is 11.3. The summed E-state index contributed by atoms with van der Waals surface area (Å²) >= 11 is 0. The molecule has 0 aliphatic carbocycles. The molecule has 68 valence electrons. The Labute approximate surface area is 71.8 Å². The Bertz CT molecular complexity index is 88.9. The van der Waals surface area contributed by atoms with E-state index in [2.05, 4.69) is 25.8 Å². The van der Waals surface area contributed by atoms with Crippen LogP contribution in [0.1, 0.15) is 34.1 Å². The third-order valence-corrected chi connectivity index (χ3v) is 2.37. The highest BCUT2D eigenvalue weighted by atomic mass is 15.1. The SMILES string of the molecule is CC.CC(C)C1CCN(C)C1. The van der Waals surface area contributed by atoms with Gasteiger partial charge in [-0.25, -0.2) is 0 Å². The number of rotatable bonds is 1. The van der Waals surface area contributed by atoms with Crippen molar-refractivity contribution in [1.29, 1.82) is 0 Å². The van der Waals surface area contributed by atoms with Gasteiger partial charge in [0.25, 0.3) is 0 Å². The van der Waals surface area contributed by atoms with Crippen molar-refractivity contribution in [2.45, 2.75) is 34.1 Å². The zero-order valence-electron chi connectivity index (χ0n) is 8.72. The molecule has 1 unspecified atom stereocenters. The van der Waals surface area contributed by atoms with Crippen LogP contribution in [0.3, 0.4) is 0 Å². The van der Waals surface area contributed by atoms with Crippen molar-refractivity contribution >= 4 is 0 Å². The van der Waals surface area contributed by atoms with Crippen LogP contribution >= 0.6 is 0 Å². The van der Waals surface area contributed by atoms with Gasteiger partial charge in [0.05, 0.1) is 0 Å². The molecule has 1 rings (SSSR count). The monoisotopic (exact) mass is 157 g/mol. The Hall–Kier alpha value is -0.0400. The lowest BCUT2D eigenvalue weighted by Gasteiger charge is -2.13. The average molecular weight is 157 g/mol. The highest BCUT2D eigenvalue weighted by Crippen LogP contribution is 2.21. The second kappa shape index (κ2) is 5.59. The van der Waals surface area contributed by atoms with Gasteiger partial charge < -0.3 is 4.90 Å². The van der Waals surface area contributed by atoms with Crippen molar-refractivity contribution in [2.75, 3.05) is 20.1 Å². The van der Waals surface area contributed by atoms with Crippen LogP contribution in [0.5, 0.6) is 0 Å². The summed E-state index contributed by atoms with van der Waals surface area (Å²) in [7, 11) is 2.21. The predicted molar refractivity (Wildman–Crippen MR) is 51.8 cm³/mol. The van der Waals surface area contributed by atoms with Crippen LogP contribution in [0.15, 0.2) is 0 Å². The first-order valence-electron chi connectivity index (χ1n) is 4.88. The summed E-state index contributed by atoms with van der Waals surface area (Å²) in [6.07, 6.45) is 1.41. The van der Waals surface area contributed by atoms with Gasteiger partial charge in [0, 0.05) is 6.54 Å². The van der Waals surface area contributed by atoms with E-state index in [9.17, 15) is 0 Å².